The summed E-state index contributed by atoms with van der Waals surface area (Å²) < 4.78 is 5.71. The highest BCUT2D eigenvalue weighted by atomic mass is 35.5. The third kappa shape index (κ3) is 4.36. The van der Waals surface area contributed by atoms with Gasteiger partial charge in [0, 0.05) is 39.4 Å². The first kappa shape index (κ1) is 21.2. The van der Waals surface area contributed by atoms with Crippen LogP contribution < -0.4 is 0 Å². The molecule has 1 aliphatic heterocycles. The lowest BCUT2D eigenvalue weighted by atomic mass is 10.1. The molecule has 1 aromatic heterocycles. The van der Waals surface area contributed by atoms with Crippen LogP contribution >= 0.6 is 35.0 Å². The highest BCUT2D eigenvalue weighted by Gasteiger charge is 2.36. The van der Waals surface area contributed by atoms with E-state index >= 15 is 0 Å². The molecular weight excluding hydrogens is 463 g/mol. The fourth-order valence-corrected chi connectivity index (χ4v) is 4.30. The standard InChI is InChI=1S/C21H12Cl2N2O5S/c22-16-5-2-6-17(23)15(16)11-24-20(26)19(31-21(24)27)10-14-7-8-18(30-14)12-3-1-4-13(9-12)25(28)29/h1-10H,11H2/b19-10-. The van der Waals surface area contributed by atoms with Gasteiger partial charge in [-0.25, -0.2) is 0 Å². The van der Waals surface area contributed by atoms with Crippen molar-refractivity contribution in [1.82, 2.24) is 4.90 Å². The van der Waals surface area contributed by atoms with Gasteiger partial charge in [-0.1, -0.05) is 41.4 Å². The van der Waals surface area contributed by atoms with E-state index in [9.17, 15) is 19.7 Å². The van der Waals surface area contributed by atoms with Crippen molar-refractivity contribution in [3.8, 4) is 11.3 Å². The molecule has 1 aliphatic rings. The van der Waals surface area contributed by atoms with Crippen molar-refractivity contribution in [2.75, 3.05) is 0 Å². The molecule has 1 saturated heterocycles. The van der Waals surface area contributed by atoms with Gasteiger partial charge in [0.15, 0.2) is 0 Å². The Bertz CT molecular complexity index is 1230. The van der Waals surface area contributed by atoms with Crippen LogP contribution in [-0.4, -0.2) is 21.0 Å². The minimum atomic E-state index is -0.491. The van der Waals surface area contributed by atoms with Crippen molar-refractivity contribution >= 4 is 57.9 Å². The fraction of sp³-hybridized carbons (Fsp3) is 0.0476. The Morgan fingerprint density at radius 1 is 1.06 bits per heavy atom. The van der Waals surface area contributed by atoms with Crippen molar-refractivity contribution in [3.63, 3.8) is 0 Å². The van der Waals surface area contributed by atoms with Crippen LogP contribution in [0, 0.1) is 10.1 Å². The maximum absolute atomic E-state index is 12.8. The van der Waals surface area contributed by atoms with Crippen molar-refractivity contribution in [3.05, 3.63) is 91.0 Å². The average molecular weight is 475 g/mol. The van der Waals surface area contributed by atoms with Gasteiger partial charge in [0.05, 0.1) is 16.4 Å². The average Bonchev–Trinajstić information content (AvgIpc) is 3.31. The number of nitro groups is 1. The Morgan fingerprint density at radius 2 is 1.77 bits per heavy atom. The number of benzene rings is 2. The quantitative estimate of drug-likeness (QED) is 0.241. The smallest absolute Gasteiger partial charge is 0.293 e. The second kappa shape index (κ2) is 8.58. The molecule has 2 aromatic carbocycles. The van der Waals surface area contributed by atoms with Crippen LogP contribution in [0.25, 0.3) is 17.4 Å². The lowest BCUT2D eigenvalue weighted by molar-refractivity contribution is -0.384. The summed E-state index contributed by atoms with van der Waals surface area (Å²) in [6, 6.07) is 14.2. The van der Waals surface area contributed by atoms with E-state index in [1.165, 1.54) is 18.2 Å². The number of nitro benzene ring substituents is 1. The second-order valence-corrected chi connectivity index (χ2v) is 8.29. The number of non-ortho nitro benzene ring substituents is 1. The summed E-state index contributed by atoms with van der Waals surface area (Å²) in [6.45, 7) is -0.0440. The highest BCUT2D eigenvalue weighted by molar-refractivity contribution is 8.18. The molecular formula is C21H12Cl2N2O5S. The lowest BCUT2D eigenvalue weighted by Crippen LogP contribution is -2.27. The first-order chi connectivity index (χ1) is 14.8. The Morgan fingerprint density at radius 3 is 2.48 bits per heavy atom. The number of thioether (sulfide) groups is 1. The van der Waals surface area contributed by atoms with Crippen molar-refractivity contribution in [1.29, 1.82) is 0 Å². The zero-order chi connectivity index (χ0) is 22.1. The number of carbonyl (C=O) groups excluding carboxylic acids is 2. The molecule has 0 atom stereocenters. The summed E-state index contributed by atoms with van der Waals surface area (Å²) in [4.78, 5) is 36.9. The molecule has 1 fully saturated rings. The predicted octanol–water partition coefficient (Wildman–Crippen LogP) is 6.40. The molecule has 0 bridgehead atoms. The molecule has 7 nitrogen and oxygen atoms in total. The number of carbonyl (C=O) groups is 2. The minimum absolute atomic E-state index is 0.0440. The van der Waals surface area contributed by atoms with E-state index < -0.39 is 16.1 Å². The zero-order valence-electron chi connectivity index (χ0n) is 15.6. The van der Waals surface area contributed by atoms with E-state index in [0.29, 0.717) is 32.7 Å². The van der Waals surface area contributed by atoms with Gasteiger partial charge in [-0.3, -0.25) is 24.6 Å². The number of imide groups is 1. The van der Waals surface area contributed by atoms with E-state index in [1.54, 1.807) is 42.5 Å². The van der Waals surface area contributed by atoms with Gasteiger partial charge in [0.25, 0.3) is 16.8 Å². The van der Waals surface area contributed by atoms with Crippen molar-refractivity contribution < 1.29 is 18.9 Å². The van der Waals surface area contributed by atoms with E-state index in [2.05, 4.69) is 0 Å². The summed E-state index contributed by atoms with van der Waals surface area (Å²) in [5.74, 6) is 0.249. The monoisotopic (exact) mass is 474 g/mol. The molecule has 10 heteroatoms. The van der Waals surface area contributed by atoms with Gasteiger partial charge in [-0.2, -0.15) is 0 Å². The van der Waals surface area contributed by atoms with Crippen LogP contribution in [0.5, 0.6) is 0 Å². The Labute approximate surface area is 190 Å². The van der Waals surface area contributed by atoms with Crippen LogP contribution in [0.4, 0.5) is 10.5 Å². The molecule has 31 heavy (non-hydrogen) atoms. The number of amides is 2. The summed E-state index contributed by atoms with van der Waals surface area (Å²) in [5, 5.41) is 11.2. The summed E-state index contributed by atoms with van der Waals surface area (Å²) in [6.07, 6.45) is 1.46. The molecule has 0 aliphatic carbocycles. The Hall–Kier alpha value is -3.07. The molecule has 0 saturated carbocycles. The molecule has 4 rings (SSSR count). The van der Waals surface area contributed by atoms with Crippen LogP contribution in [0.2, 0.25) is 10.0 Å². The minimum Gasteiger partial charge on any atom is -0.457 e. The molecule has 2 amide bonds. The number of furan rings is 1. The van der Waals surface area contributed by atoms with Gasteiger partial charge >= 0.3 is 0 Å². The molecule has 0 N–H and O–H groups in total. The number of nitrogens with zero attached hydrogens (tertiary/aromatic N) is 2. The maximum Gasteiger partial charge on any atom is 0.293 e. The van der Waals surface area contributed by atoms with E-state index in [4.69, 9.17) is 27.6 Å². The van der Waals surface area contributed by atoms with E-state index in [-0.39, 0.29) is 17.1 Å². The molecule has 2 heterocycles. The molecule has 156 valence electrons. The predicted molar refractivity (Wildman–Crippen MR) is 119 cm³/mol. The van der Waals surface area contributed by atoms with Crippen LogP contribution in [0.15, 0.2) is 63.9 Å². The third-order valence-corrected chi connectivity index (χ3v) is 6.11. The second-order valence-electron chi connectivity index (χ2n) is 6.48. The van der Waals surface area contributed by atoms with Crippen molar-refractivity contribution in [2.24, 2.45) is 0 Å². The largest absolute Gasteiger partial charge is 0.457 e. The molecule has 3 aromatic rings. The van der Waals surface area contributed by atoms with Crippen LogP contribution in [0.3, 0.4) is 0 Å². The van der Waals surface area contributed by atoms with Gasteiger partial charge in [-0.05, 0) is 36.0 Å². The van der Waals surface area contributed by atoms with Gasteiger partial charge in [-0.15, -0.1) is 0 Å². The molecule has 0 unspecified atom stereocenters. The first-order valence-electron chi connectivity index (χ1n) is 8.86. The highest BCUT2D eigenvalue weighted by Crippen LogP contribution is 2.36. The normalized spacial score (nSPS) is 15.2. The van der Waals surface area contributed by atoms with Crippen molar-refractivity contribution in [2.45, 2.75) is 6.54 Å². The molecule has 0 spiro atoms. The Kier molecular flexibility index (Phi) is 5.86. The number of hydrogen-bond donors (Lipinski definition) is 0. The summed E-state index contributed by atoms with van der Waals surface area (Å²) in [5.41, 5.74) is 0.949. The number of rotatable bonds is 5. The maximum atomic E-state index is 12.8. The van der Waals surface area contributed by atoms with E-state index in [0.717, 1.165) is 16.7 Å². The summed E-state index contributed by atoms with van der Waals surface area (Å²) >= 11 is 13.1. The molecule has 0 radical (unpaired) electrons. The SMILES string of the molecule is O=C1S/C(=C\c2ccc(-c3cccc([N+](=O)[O-])c3)o2)C(=O)N1Cc1c(Cl)cccc1Cl. The Balaban J connectivity index is 1.56. The van der Waals surface area contributed by atoms with E-state index in [1.807, 2.05) is 0 Å². The van der Waals surface area contributed by atoms with Gasteiger partial charge < -0.3 is 4.42 Å². The van der Waals surface area contributed by atoms with Gasteiger partial charge in [0.1, 0.15) is 11.5 Å². The lowest BCUT2D eigenvalue weighted by Gasteiger charge is -2.14. The third-order valence-electron chi connectivity index (χ3n) is 4.49. The van der Waals surface area contributed by atoms with Crippen LogP contribution in [-0.2, 0) is 11.3 Å². The van der Waals surface area contributed by atoms with Crippen LogP contribution in [0.1, 0.15) is 11.3 Å². The number of hydrogen-bond acceptors (Lipinski definition) is 6. The summed E-state index contributed by atoms with van der Waals surface area (Å²) in [7, 11) is 0. The fourth-order valence-electron chi connectivity index (χ4n) is 2.97. The van der Waals surface area contributed by atoms with Gasteiger partial charge in [0.2, 0.25) is 0 Å². The topological polar surface area (TPSA) is 93.7 Å². The zero-order valence-corrected chi connectivity index (χ0v) is 17.9. The first-order valence-corrected chi connectivity index (χ1v) is 10.4. The number of halogens is 2.